The Kier molecular flexibility index (Phi) is 3.33. The summed E-state index contributed by atoms with van der Waals surface area (Å²) < 4.78 is 1.41. The van der Waals surface area contributed by atoms with Crippen LogP contribution in [-0.4, -0.2) is 11.1 Å². The molecule has 70 valence electrons. The van der Waals surface area contributed by atoms with Crippen molar-refractivity contribution in [3.63, 3.8) is 0 Å². The molecule has 1 aromatic rings. The Morgan fingerprint density at radius 2 is 1.85 bits per heavy atom. The van der Waals surface area contributed by atoms with Crippen LogP contribution in [0.1, 0.15) is 5.56 Å². The van der Waals surface area contributed by atoms with Crippen LogP contribution in [0, 0.1) is 0 Å². The first kappa shape index (κ1) is 10.5. The van der Waals surface area contributed by atoms with Gasteiger partial charge in [-0.25, -0.2) is 0 Å². The van der Waals surface area contributed by atoms with Gasteiger partial charge in [0.25, 0.3) is 0 Å². The Labute approximate surface area is 92.2 Å². The largest absolute Gasteiger partial charge is 0.481 e. The highest BCUT2D eigenvalue weighted by atomic mass is 79.9. The predicted molar refractivity (Wildman–Crippen MR) is 57.6 cm³/mol. The second-order valence-corrected chi connectivity index (χ2v) is 4.25. The zero-order chi connectivity index (χ0) is 10.0. The van der Waals surface area contributed by atoms with Crippen LogP contribution in [0.25, 0.3) is 0 Å². The zero-order valence-electron chi connectivity index (χ0n) is 6.55. The molecule has 3 nitrogen and oxygen atoms in total. The van der Waals surface area contributed by atoms with Crippen LogP contribution >= 0.6 is 31.9 Å². The van der Waals surface area contributed by atoms with Gasteiger partial charge in [0, 0.05) is 8.95 Å². The van der Waals surface area contributed by atoms with E-state index in [0.29, 0.717) is 20.2 Å². The Bertz CT molecular complexity index is 329. The summed E-state index contributed by atoms with van der Waals surface area (Å²) in [6.07, 6.45) is -0.00250. The van der Waals surface area contributed by atoms with Crippen molar-refractivity contribution in [3.05, 3.63) is 26.6 Å². The van der Waals surface area contributed by atoms with Crippen molar-refractivity contribution >= 4 is 43.5 Å². The van der Waals surface area contributed by atoms with Crippen LogP contribution in [0.3, 0.4) is 0 Å². The van der Waals surface area contributed by atoms with Gasteiger partial charge in [-0.3, -0.25) is 4.79 Å². The van der Waals surface area contributed by atoms with Crippen molar-refractivity contribution in [1.82, 2.24) is 0 Å². The molecule has 0 amide bonds. The van der Waals surface area contributed by atoms with Crippen LogP contribution < -0.4 is 5.73 Å². The maximum atomic E-state index is 10.4. The van der Waals surface area contributed by atoms with Crippen molar-refractivity contribution in [2.45, 2.75) is 6.42 Å². The number of halogens is 2. The van der Waals surface area contributed by atoms with Crippen LogP contribution in [0.4, 0.5) is 5.69 Å². The lowest BCUT2D eigenvalue weighted by Crippen LogP contribution is -2.01. The number of aliphatic carboxylic acids is 1. The molecule has 0 atom stereocenters. The van der Waals surface area contributed by atoms with Gasteiger partial charge in [-0.2, -0.15) is 0 Å². The van der Waals surface area contributed by atoms with Gasteiger partial charge in [-0.1, -0.05) is 0 Å². The standard InChI is InChI=1S/C8H7Br2NO2/c9-5-1-4(3-7(12)13)2-6(10)8(5)11/h1-2H,3,11H2,(H,12,13). The predicted octanol–water partition coefficient (Wildman–Crippen LogP) is 2.42. The first-order chi connectivity index (χ1) is 6.00. The molecule has 0 saturated heterocycles. The molecule has 0 heterocycles. The van der Waals surface area contributed by atoms with Gasteiger partial charge in [-0.05, 0) is 49.6 Å². The first-order valence-corrected chi connectivity index (χ1v) is 5.04. The normalized spacial score (nSPS) is 10.0. The molecule has 0 aliphatic heterocycles. The minimum atomic E-state index is -0.858. The van der Waals surface area contributed by atoms with E-state index in [1.165, 1.54) is 0 Å². The van der Waals surface area contributed by atoms with Gasteiger partial charge in [0.15, 0.2) is 0 Å². The van der Waals surface area contributed by atoms with Crippen molar-refractivity contribution in [3.8, 4) is 0 Å². The first-order valence-electron chi connectivity index (χ1n) is 3.46. The van der Waals surface area contributed by atoms with Gasteiger partial charge in [-0.15, -0.1) is 0 Å². The molecule has 1 aromatic carbocycles. The van der Waals surface area contributed by atoms with Crippen molar-refractivity contribution < 1.29 is 9.90 Å². The van der Waals surface area contributed by atoms with Crippen molar-refractivity contribution in [2.24, 2.45) is 0 Å². The third-order valence-corrected chi connectivity index (χ3v) is 2.81. The number of hydrogen-bond donors (Lipinski definition) is 2. The van der Waals surface area contributed by atoms with E-state index in [1.54, 1.807) is 12.1 Å². The van der Waals surface area contributed by atoms with Crippen LogP contribution in [0.2, 0.25) is 0 Å². The quantitative estimate of drug-likeness (QED) is 0.825. The lowest BCUT2D eigenvalue weighted by atomic mass is 10.1. The smallest absolute Gasteiger partial charge is 0.307 e. The molecule has 0 saturated carbocycles. The molecule has 3 N–H and O–H groups in total. The highest BCUT2D eigenvalue weighted by Crippen LogP contribution is 2.29. The number of hydrogen-bond acceptors (Lipinski definition) is 2. The van der Waals surface area contributed by atoms with Crippen LogP contribution in [0.5, 0.6) is 0 Å². The van der Waals surface area contributed by atoms with Crippen LogP contribution in [0.15, 0.2) is 21.1 Å². The molecule has 1 rings (SSSR count). The topological polar surface area (TPSA) is 63.3 Å². The Morgan fingerprint density at radius 1 is 1.38 bits per heavy atom. The van der Waals surface area contributed by atoms with E-state index in [-0.39, 0.29) is 6.42 Å². The van der Waals surface area contributed by atoms with Crippen LogP contribution in [-0.2, 0) is 11.2 Å². The fraction of sp³-hybridized carbons (Fsp3) is 0.125. The van der Waals surface area contributed by atoms with E-state index in [4.69, 9.17) is 10.8 Å². The minimum Gasteiger partial charge on any atom is -0.481 e. The molecule has 5 heteroatoms. The second-order valence-electron chi connectivity index (χ2n) is 2.54. The molecule has 0 radical (unpaired) electrons. The maximum Gasteiger partial charge on any atom is 0.307 e. The molecular formula is C8H7Br2NO2. The molecule has 0 spiro atoms. The number of benzene rings is 1. The van der Waals surface area contributed by atoms with Crippen molar-refractivity contribution in [1.29, 1.82) is 0 Å². The lowest BCUT2D eigenvalue weighted by molar-refractivity contribution is -0.136. The number of carboxylic acid groups (broad SMARTS) is 1. The van der Waals surface area contributed by atoms with Gasteiger partial charge in [0.05, 0.1) is 12.1 Å². The second kappa shape index (κ2) is 4.11. The fourth-order valence-electron chi connectivity index (χ4n) is 0.913. The van der Waals surface area contributed by atoms with E-state index in [1.807, 2.05) is 0 Å². The monoisotopic (exact) mass is 307 g/mol. The number of carbonyl (C=O) groups is 1. The summed E-state index contributed by atoms with van der Waals surface area (Å²) in [6, 6.07) is 3.41. The Hall–Kier alpha value is -0.550. The summed E-state index contributed by atoms with van der Waals surface area (Å²) in [5.74, 6) is -0.858. The SMILES string of the molecule is Nc1c(Br)cc(CC(=O)O)cc1Br. The molecule has 0 aliphatic rings. The summed E-state index contributed by atoms with van der Waals surface area (Å²) in [4.78, 5) is 10.4. The summed E-state index contributed by atoms with van der Waals surface area (Å²) in [5, 5.41) is 8.56. The average Bonchev–Trinajstić information content (AvgIpc) is 1.98. The lowest BCUT2D eigenvalue weighted by Gasteiger charge is -2.04. The summed E-state index contributed by atoms with van der Waals surface area (Å²) >= 11 is 6.48. The molecule has 0 unspecified atom stereocenters. The fourth-order valence-corrected chi connectivity index (χ4v) is 2.19. The Morgan fingerprint density at radius 3 is 2.23 bits per heavy atom. The highest BCUT2D eigenvalue weighted by Gasteiger charge is 2.06. The molecule has 0 fully saturated rings. The number of carboxylic acids is 1. The highest BCUT2D eigenvalue weighted by molar-refractivity contribution is 9.11. The van der Waals surface area contributed by atoms with E-state index >= 15 is 0 Å². The molecule has 0 bridgehead atoms. The third-order valence-electron chi connectivity index (χ3n) is 1.49. The van der Waals surface area contributed by atoms with Gasteiger partial charge in [0.2, 0.25) is 0 Å². The van der Waals surface area contributed by atoms with Gasteiger partial charge >= 0.3 is 5.97 Å². The van der Waals surface area contributed by atoms with E-state index in [0.717, 1.165) is 0 Å². The summed E-state index contributed by atoms with van der Waals surface area (Å²) in [6.45, 7) is 0. The van der Waals surface area contributed by atoms with Crippen molar-refractivity contribution in [2.75, 3.05) is 5.73 Å². The maximum absolute atomic E-state index is 10.4. The molecule has 13 heavy (non-hydrogen) atoms. The average molecular weight is 309 g/mol. The van der Waals surface area contributed by atoms with E-state index < -0.39 is 5.97 Å². The third kappa shape index (κ3) is 2.70. The van der Waals surface area contributed by atoms with E-state index in [2.05, 4.69) is 31.9 Å². The van der Waals surface area contributed by atoms with Gasteiger partial charge < -0.3 is 10.8 Å². The number of anilines is 1. The minimum absolute atomic E-state index is 0.00250. The zero-order valence-corrected chi connectivity index (χ0v) is 9.72. The number of nitrogens with two attached hydrogens (primary N) is 1. The number of rotatable bonds is 2. The molecular weight excluding hydrogens is 302 g/mol. The Balaban J connectivity index is 3.06. The number of nitrogen functional groups attached to an aromatic ring is 1. The van der Waals surface area contributed by atoms with Gasteiger partial charge in [0.1, 0.15) is 0 Å². The van der Waals surface area contributed by atoms with E-state index in [9.17, 15) is 4.79 Å². The molecule has 0 aromatic heterocycles. The molecule has 0 aliphatic carbocycles. The summed E-state index contributed by atoms with van der Waals surface area (Å²) in [5.41, 5.74) is 6.93. The summed E-state index contributed by atoms with van der Waals surface area (Å²) in [7, 11) is 0.